The molecular weight excluding hydrogens is 816 g/mol. The van der Waals surface area contributed by atoms with Crippen LogP contribution in [0.3, 0.4) is 0 Å². The van der Waals surface area contributed by atoms with E-state index in [9.17, 15) is 0 Å². The third kappa shape index (κ3) is 6.36. The Morgan fingerprint density at radius 1 is 0.369 bits per heavy atom. The number of benzene rings is 10. The first kappa shape index (κ1) is 37.2. The number of H-pyrrole nitrogens is 1. The number of nitrogens with zero attached hydrogens (tertiary/aromatic N) is 3. The highest BCUT2D eigenvalue weighted by atomic mass is 35.5. The maximum atomic E-state index is 6.93. The second-order valence-electron chi connectivity index (χ2n) is 16.6. The molecule has 0 aliphatic carbocycles. The van der Waals surface area contributed by atoms with Crippen LogP contribution in [0.2, 0.25) is 5.28 Å². The van der Waals surface area contributed by atoms with Crippen molar-refractivity contribution in [1.82, 2.24) is 19.9 Å². The first-order valence-electron chi connectivity index (χ1n) is 21.7. The molecule has 10 aromatic carbocycles. The Morgan fingerprint density at radius 3 is 1.62 bits per heavy atom. The van der Waals surface area contributed by atoms with E-state index >= 15 is 0 Å². The molecule has 0 fully saturated rings. The zero-order valence-electron chi connectivity index (χ0n) is 34.8. The van der Waals surface area contributed by atoms with Gasteiger partial charge >= 0.3 is 0 Å². The Balaban J connectivity index is 0.831. The van der Waals surface area contributed by atoms with Gasteiger partial charge in [-0.1, -0.05) is 176 Å². The normalized spacial score (nSPS) is 11.8. The van der Waals surface area contributed by atoms with Gasteiger partial charge in [-0.3, -0.25) is 0 Å². The van der Waals surface area contributed by atoms with Crippen molar-refractivity contribution in [1.29, 1.82) is 0 Å². The molecule has 0 aliphatic heterocycles. The van der Waals surface area contributed by atoms with Gasteiger partial charge in [0.1, 0.15) is 11.2 Å². The monoisotopic (exact) mass is 850 g/mol. The van der Waals surface area contributed by atoms with E-state index in [1.165, 1.54) is 32.3 Å². The Labute approximate surface area is 378 Å². The van der Waals surface area contributed by atoms with Crippen molar-refractivity contribution in [3.8, 4) is 67.3 Å². The standard InChI is InChI=1S/C59H35ClN4O/c60-59-63-57(40-25-19-36(20-26-40)35-9-2-1-3-10-35)62-58(64-59)41-27-21-38(22-28-41)37-17-23-39(24-18-37)50-32-44-13-6-7-14-46(44)54-49-30-29-45(34-53(49)65-56(50)54)47-15-8-16-48-51-31-42-11-4-5-12-43(42)33-52(51)61-55(47)48/h1-34,61H. The van der Waals surface area contributed by atoms with Crippen molar-refractivity contribution in [2.75, 3.05) is 0 Å². The lowest BCUT2D eigenvalue weighted by Crippen LogP contribution is -1.97. The van der Waals surface area contributed by atoms with Crippen LogP contribution < -0.4 is 0 Å². The fraction of sp³-hybridized carbons (Fsp3) is 0. The SMILES string of the molecule is Clc1nc(-c2ccc(-c3ccccc3)cc2)nc(-c2ccc(-c3ccc(-c4cc5ccccc5c5c4oc4cc(-c6cccc7c6[nH]c6cc8ccccc8cc67)ccc45)cc3)cc2)n1. The molecule has 1 N–H and O–H groups in total. The van der Waals surface area contributed by atoms with Crippen molar-refractivity contribution in [2.45, 2.75) is 0 Å². The lowest BCUT2D eigenvalue weighted by atomic mass is 9.94. The lowest BCUT2D eigenvalue weighted by Gasteiger charge is -2.09. The number of para-hydroxylation sites is 1. The van der Waals surface area contributed by atoms with Crippen molar-refractivity contribution in [3.05, 3.63) is 212 Å². The van der Waals surface area contributed by atoms with E-state index < -0.39 is 0 Å². The van der Waals surface area contributed by atoms with Gasteiger partial charge in [0.25, 0.3) is 0 Å². The Kier molecular flexibility index (Phi) is 8.51. The summed E-state index contributed by atoms with van der Waals surface area (Å²) in [5.74, 6) is 1.06. The predicted octanol–water partition coefficient (Wildman–Crippen LogP) is 16.4. The van der Waals surface area contributed by atoms with Gasteiger partial charge < -0.3 is 9.40 Å². The van der Waals surface area contributed by atoms with E-state index in [1.54, 1.807) is 0 Å². The van der Waals surface area contributed by atoms with Crippen LogP contribution in [-0.2, 0) is 0 Å². The summed E-state index contributed by atoms with van der Waals surface area (Å²) in [6, 6.07) is 72.6. The third-order valence-corrected chi connectivity index (χ3v) is 13.0. The second-order valence-corrected chi connectivity index (χ2v) is 16.9. The molecule has 0 radical (unpaired) electrons. The van der Waals surface area contributed by atoms with Crippen molar-refractivity contribution in [2.24, 2.45) is 0 Å². The summed E-state index contributed by atoms with van der Waals surface area (Å²) in [4.78, 5) is 17.5. The summed E-state index contributed by atoms with van der Waals surface area (Å²) in [6.07, 6.45) is 0. The van der Waals surface area contributed by atoms with Gasteiger partial charge in [0.15, 0.2) is 11.6 Å². The molecule has 0 spiro atoms. The van der Waals surface area contributed by atoms with Crippen LogP contribution in [-0.4, -0.2) is 19.9 Å². The number of aromatic nitrogens is 4. The highest BCUT2D eigenvalue weighted by molar-refractivity contribution is 6.28. The molecule has 0 saturated carbocycles. The van der Waals surface area contributed by atoms with Gasteiger partial charge in [-0.25, -0.2) is 4.98 Å². The second kappa shape index (κ2) is 14.9. The van der Waals surface area contributed by atoms with Crippen LogP contribution in [0.4, 0.5) is 0 Å². The number of furan rings is 1. The minimum atomic E-state index is 0.154. The van der Waals surface area contributed by atoms with Crippen LogP contribution >= 0.6 is 11.6 Å². The summed E-state index contributed by atoms with van der Waals surface area (Å²) in [5, 5.41) is 9.62. The number of halogens is 1. The molecule has 0 bridgehead atoms. The van der Waals surface area contributed by atoms with Crippen molar-refractivity contribution >= 4 is 76.9 Å². The molecule has 0 saturated heterocycles. The van der Waals surface area contributed by atoms with Gasteiger partial charge in [0, 0.05) is 49.3 Å². The average Bonchev–Trinajstić information content (AvgIpc) is 3.94. The van der Waals surface area contributed by atoms with Gasteiger partial charge in [-0.15, -0.1) is 0 Å². The number of rotatable bonds is 6. The average molecular weight is 851 g/mol. The molecule has 304 valence electrons. The molecule has 3 aromatic heterocycles. The van der Waals surface area contributed by atoms with Crippen LogP contribution in [0.5, 0.6) is 0 Å². The molecule has 0 atom stereocenters. The van der Waals surface area contributed by atoms with Crippen LogP contribution in [0.1, 0.15) is 0 Å². The summed E-state index contributed by atoms with van der Waals surface area (Å²) in [6.45, 7) is 0. The maximum absolute atomic E-state index is 6.93. The van der Waals surface area contributed by atoms with Crippen LogP contribution in [0, 0.1) is 0 Å². The minimum Gasteiger partial charge on any atom is -0.455 e. The topological polar surface area (TPSA) is 67.6 Å². The van der Waals surface area contributed by atoms with E-state index in [0.717, 1.165) is 88.6 Å². The zero-order valence-corrected chi connectivity index (χ0v) is 35.5. The molecule has 0 amide bonds. The highest BCUT2D eigenvalue weighted by Crippen LogP contribution is 2.43. The molecular formula is C59H35ClN4O. The summed E-state index contributed by atoms with van der Waals surface area (Å²) >= 11 is 6.47. The fourth-order valence-corrected chi connectivity index (χ4v) is 9.73. The molecule has 5 nitrogen and oxygen atoms in total. The van der Waals surface area contributed by atoms with E-state index in [-0.39, 0.29) is 5.28 Å². The highest BCUT2D eigenvalue weighted by Gasteiger charge is 2.19. The summed E-state index contributed by atoms with van der Waals surface area (Å²) in [5.41, 5.74) is 14.6. The maximum Gasteiger partial charge on any atom is 0.226 e. The molecule has 13 rings (SSSR count). The summed E-state index contributed by atoms with van der Waals surface area (Å²) < 4.78 is 6.93. The van der Waals surface area contributed by atoms with Gasteiger partial charge in [0.05, 0.1) is 5.52 Å². The number of aromatic amines is 1. The Hall–Kier alpha value is -8.38. The fourth-order valence-electron chi connectivity index (χ4n) is 9.57. The molecule has 13 aromatic rings. The first-order valence-corrected chi connectivity index (χ1v) is 22.1. The largest absolute Gasteiger partial charge is 0.455 e. The van der Waals surface area contributed by atoms with Gasteiger partial charge in [-0.05, 0) is 96.9 Å². The smallest absolute Gasteiger partial charge is 0.226 e. The number of hydrogen-bond donors (Lipinski definition) is 1. The number of fused-ring (bicyclic) bond motifs is 9. The van der Waals surface area contributed by atoms with Crippen LogP contribution in [0.15, 0.2) is 211 Å². The van der Waals surface area contributed by atoms with E-state index in [1.807, 2.05) is 42.5 Å². The van der Waals surface area contributed by atoms with E-state index in [4.69, 9.17) is 21.0 Å². The van der Waals surface area contributed by atoms with Gasteiger partial charge in [-0.2, -0.15) is 9.97 Å². The number of hydrogen-bond acceptors (Lipinski definition) is 4. The predicted molar refractivity (Wildman–Crippen MR) is 269 cm³/mol. The van der Waals surface area contributed by atoms with E-state index in [2.05, 4.69) is 179 Å². The minimum absolute atomic E-state index is 0.154. The van der Waals surface area contributed by atoms with E-state index in [0.29, 0.717) is 11.6 Å². The first-order chi connectivity index (χ1) is 32.1. The van der Waals surface area contributed by atoms with Crippen molar-refractivity contribution in [3.63, 3.8) is 0 Å². The Bertz CT molecular complexity index is 3990. The molecule has 3 heterocycles. The summed E-state index contributed by atoms with van der Waals surface area (Å²) in [7, 11) is 0. The molecule has 65 heavy (non-hydrogen) atoms. The third-order valence-electron chi connectivity index (χ3n) is 12.8. The molecule has 0 aliphatic rings. The molecule has 6 heteroatoms. The van der Waals surface area contributed by atoms with Crippen molar-refractivity contribution < 1.29 is 4.42 Å². The lowest BCUT2D eigenvalue weighted by molar-refractivity contribution is 0.670. The quantitative estimate of drug-likeness (QED) is 0.181. The van der Waals surface area contributed by atoms with Crippen LogP contribution in [0.25, 0.3) is 133 Å². The zero-order chi connectivity index (χ0) is 43.0. The number of nitrogens with one attached hydrogen (secondary N) is 1. The molecule has 0 unspecified atom stereocenters. The Morgan fingerprint density at radius 2 is 0.923 bits per heavy atom. The van der Waals surface area contributed by atoms with Gasteiger partial charge in [0.2, 0.25) is 5.28 Å².